The van der Waals surface area contributed by atoms with Crippen LogP contribution in [0.3, 0.4) is 0 Å². The SMILES string of the molecule is Cc1ncsc1CN(C)Cc1cc(F)cc(C(=O)O)c1. The van der Waals surface area contributed by atoms with Crippen LogP contribution < -0.4 is 0 Å². The van der Waals surface area contributed by atoms with E-state index >= 15 is 0 Å². The summed E-state index contributed by atoms with van der Waals surface area (Å²) in [5.41, 5.74) is 3.41. The number of nitrogens with zero attached hydrogens (tertiary/aromatic N) is 2. The zero-order valence-corrected chi connectivity index (χ0v) is 12.1. The molecule has 0 bridgehead atoms. The highest BCUT2D eigenvalue weighted by atomic mass is 32.1. The predicted molar refractivity (Wildman–Crippen MR) is 75.4 cm³/mol. The molecule has 0 aliphatic rings. The van der Waals surface area contributed by atoms with Crippen molar-refractivity contribution in [1.82, 2.24) is 9.88 Å². The quantitative estimate of drug-likeness (QED) is 0.921. The van der Waals surface area contributed by atoms with Crippen molar-refractivity contribution in [3.8, 4) is 0 Å². The first-order valence-electron chi connectivity index (χ1n) is 6.06. The Labute approximate surface area is 120 Å². The second kappa shape index (κ2) is 6.11. The third-order valence-electron chi connectivity index (χ3n) is 2.92. The van der Waals surface area contributed by atoms with Gasteiger partial charge < -0.3 is 5.11 Å². The van der Waals surface area contributed by atoms with Crippen LogP contribution in [0.5, 0.6) is 0 Å². The minimum absolute atomic E-state index is 0.0256. The van der Waals surface area contributed by atoms with E-state index in [-0.39, 0.29) is 5.56 Å². The highest BCUT2D eigenvalue weighted by molar-refractivity contribution is 7.09. The summed E-state index contributed by atoms with van der Waals surface area (Å²) in [6, 6.07) is 3.89. The summed E-state index contributed by atoms with van der Waals surface area (Å²) in [6.45, 7) is 3.13. The molecule has 0 saturated heterocycles. The second-order valence-corrected chi connectivity index (χ2v) is 5.63. The zero-order chi connectivity index (χ0) is 14.7. The van der Waals surface area contributed by atoms with Crippen LogP contribution in [0.15, 0.2) is 23.7 Å². The number of carbonyl (C=O) groups is 1. The highest BCUT2D eigenvalue weighted by Crippen LogP contribution is 2.17. The molecule has 2 rings (SSSR count). The zero-order valence-electron chi connectivity index (χ0n) is 11.3. The van der Waals surface area contributed by atoms with Crippen molar-refractivity contribution < 1.29 is 14.3 Å². The lowest BCUT2D eigenvalue weighted by Gasteiger charge is -2.16. The van der Waals surface area contributed by atoms with Crippen molar-refractivity contribution in [3.63, 3.8) is 0 Å². The van der Waals surface area contributed by atoms with Gasteiger partial charge in [-0.15, -0.1) is 11.3 Å². The van der Waals surface area contributed by atoms with E-state index in [2.05, 4.69) is 4.98 Å². The number of thiazole rings is 1. The van der Waals surface area contributed by atoms with Gasteiger partial charge in [0.2, 0.25) is 0 Å². The van der Waals surface area contributed by atoms with Gasteiger partial charge in [0.15, 0.2) is 0 Å². The molecule has 0 saturated carbocycles. The molecule has 0 aliphatic carbocycles. The molecule has 2 aromatic rings. The third kappa shape index (κ3) is 3.61. The van der Waals surface area contributed by atoms with Crippen LogP contribution >= 0.6 is 11.3 Å². The molecule has 20 heavy (non-hydrogen) atoms. The van der Waals surface area contributed by atoms with Crippen LogP contribution in [-0.4, -0.2) is 28.0 Å². The first-order valence-corrected chi connectivity index (χ1v) is 6.94. The normalized spacial score (nSPS) is 11.0. The fourth-order valence-electron chi connectivity index (χ4n) is 1.96. The maximum Gasteiger partial charge on any atom is 0.335 e. The van der Waals surface area contributed by atoms with Crippen LogP contribution in [-0.2, 0) is 13.1 Å². The Morgan fingerprint density at radius 1 is 1.40 bits per heavy atom. The second-order valence-electron chi connectivity index (χ2n) is 4.69. The molecule has 4 nitrogen and oxygen atoms in total. The van der Waals surface area contributed by atoms with Crippen molar-refractivity contribution >= 4 is 17.3 Å². The Morgan fingerprint density at radius 3 is 2.75 bits per heavy atom. The van der Waals surface area contributed by atoms with Gasteiger partial charge in [-0.2, -0.15) is 0 Å². The summed E-state index contributed by atoms with van der Waals surface area (Å²) in [4.78, 5) is 18.2. The number of aryl methyl sites for hydroxylation is 1. The van der Waals surface area contributed by atoms with Gasteiger partial charge in [0.05, 0.1) is 16.8 Å². The summed E-state index contributed by atoms with van der Waals surface area (Å²) in [6.07, 6.45) is 0. The fourth-order valence-corrected chi connectivity index (χ4v) is 2.81. The van der Waals surface area contributed by atoms with Crippen LogP contribution in [0.4, 0.5) is 4.39 Å². The monoisotopic (exact) mass is 294 g/mol. The third-order valence-corrected chi connectivity index (χ3v) is 3.84. The lowest BCUT2D eigenvalue weighted by atomic mass is 10.1. The molecule has 0 radical (unpaired) electrons. The van der Waals surface area contributed by atoms with Crippen molar-refractivity contribution in [1.29, 1.82) is 0 Å². The first kappa shape index (κ1) is 14.6. The number of aromatic nitrogens is 1. The molecule has 106 valence electrons. The van der Waals surface area contributed by atoms with Crippen molar-refractivity contribution in [2.75, 3.05) is 7.05 Å². The molecule has 1 heterocycles. The van der Waals surface area contributed by atoms with E-state index in [4.69, 9.17) is 5.11 Å². The van der Waals surface area contributed by atoms with Gasteiger partial charge in [0.25, 0.3) is 0 Å². The Balaban J connectivity index is 2.09. The van der Waals surface area contributed by atoms with E-state index in [0.717, 1.165) is 16.6 Å². The predicted octanol–water partition coefficient (Wildman–Crippen LogP) is 2.92. The summed E-state index contributed by atoms with van der Waals surface area (Å²) in [5, 5.41) is 8.92. The summed E-state index contributed by atoms with van der Waals surface area (Å²) in [7, 11) is 1.91. The smallest absolute Gasteiger partial charge is 0.335 e. The molecule has 0 fully saturated rings. The topological polar surface area (TPSA) is 53.4 Å². The van der Waals surface area contributed by atoms with Crippen LogP contribution in [0.1, 0.15) is 26.5 Å². The van der Waals surface area contributed by atoms with Crippen LogP contribution in [0.2, 0.25) is 0 Å². The standard InChI is InChI=1S/C14H15FN2O2S/c1-9-13(20-8-16-9)7-17(2)6-10-3-11(14(18)19)5-12(15)4-10/h3-5,8H,6-7H2,1-2H3,(H,18,19). The summed E-state index contributed by atoms with van der Waals surface area (Å²) < 4.78 is 13.4. The van der Waals surface area contributed by atoms with E-state index in [0.29, 0.717) is 18.7 Å². The van der Waals surface area contributed by atoms with Gasteiger partial charge in [-0.05, 0) is 37.7 Å². The molecule has 0 amide bonds. The van der Waals surface area contributed by atoms with Gasteiger partial charge >= 0.3 is 5.97 Å². The molecule has 0 aliphatic heterocycles. The van der Waals surface area contributed by atoms with Gasteiger partial charge in [0.1, 0.15) is 5.82 Å². The van der Waals surface area contributed by atoms with Gasteiger partial charge in [-0.25, -0.2) is 14.2 Å². The van der Waals surface area contributed by atoms with Crippen molar-refractivity contribution in [2.24, 2.45) is 0 Å². The molecule has 1 aromatic carbocycles. The molecular formula is C14H15FN2O2S. The average Bonchev–Trinajstić information content (AvgIpc) is 2.74. The number of rotatable bonds is 5. The number of carboxylic acids is 1. The molecular weight excluding hydrogens is 279 g/mol. The number of benzene rings is 1. The lowest BCUT2D eigenvalue weighted by molar-refractivity contribution is 0.0696. The molecule has 6 heteroatoms. The van der Waals surface area contributed by atoms with E-state index in [9.17, 15) is 9.18 Å². The first-order chi connectivity index (χ1) is 9.45. The summed E-state index contributed by atoms with van der Waals surface area (Å²) in [5.74, 6) is -1.64. The lowest BCUT2D eigenvalue weighted by Crippen LogP contribution is -2.17. The maximum atomic E-state index is 13.4. The highest BCUT2D eigenvalue weighted by Gasteiger charge is 2.10. The van der Waals surface area contributed by atoms with Gasteiger partial charge in [0, 0.05) is 18.0 Å². The van der Waals surface area contributed by atoms with E-state index in [1.807, 2.05) is 18.9 Å². The average molecular weight is 294 g/mol. The number of halogens is 1. The van der Waals surface area contributed by atoms with E-state index in [1.165, 1.54) is 12.1 Å². The number of carboxylic acid groups (broad SMARTS) is 1. The van der Waals surface area contributed by atoms with Crippen molar-refractivity contribution in [2.45, 2.75) is 20.0 Å². The summed E-state index contributed by atoms with van der Waals surface area (Å²) >= 11 is 1.58. The van der Waals surface area contributed by atoms with Crippen LogP contribution in [0, 0.1) is 12.7 Å². The fraction of sp³-hybridized carbons (Fsp3) is 0.286. The molecule has 0 atom stereocenters. The maximum absolute atomic E-state index is 13.4. The number of hydrogen-bond acceptors (Lipinski definition) is 4. The Morgan fingerprint density at radius 2 is 2.15 bits per heavy atom. The number of hydrogen-bond donors (Lipinski definition) is 1. The Hall–Kier alpha value is -1.79. The minimum atomic E-state index is -1.12. The molecule has 0 spiro atoms. The Kier molecular flexibility index (Phi) is 4.46. The molecule has 1 N–H and O–H groups in total. The Bertz CT molecular complexity index is 627. The van der Waals surface area contributed by atoms with E-state index < -0.39 is 11.8 Å². The van der Waals surface area contributed by atoms with Gasteiger partial charge in [-0.1, -0.05) is 0 Å². The van der Waals surface area contributed by atoms with Crippen LogP contribution in [0.25, 0.3) is 0 Å². The molecule has 1 aromatic heterocycles. The molecule has 0 unspecified atom stereocenters. The van der Waals surface area contributed by atoms with E-state index in [1.54, 1.807) is 16.8 Å². The minimum Gasteiger partial charge on any atom is -0.478 e. The number of aromatic carboxylic acids is 1. The van der Waals surface area contributed by atoms with Gasteiger partial charge in [-0.3, -0.25) is 4.90 Å². The largest absolute Gasteiger partial charge is 0.478 e. The van der Waals surface area contributed by atoms with Crippen molar-refractivity contribution in [3.05, 3.63) is 51.2 Å².